The second-order valence-corrected chi connectivity index (χ2v) is 10.2. The van der Waals surface area contributed by atoms with Gasteiger partial charge in [0.15, 0.2) is 0 Å². The van der Waals surface area contributed by atoms with E-state index >= 15 is 0 Å². The highest BCUT2D eigenvalue weighted by Gasteiger charge is 2.35. The summed E-state index contributed by atoms with van der Waals surface area (Å²) in [6, 6.07) is 29.9. The third kappa shape index (κ3) is 7.28. The van der Waals surface area contributed by atoms with Crippen LogP contribution in [0.5, 0.6) is 0 Å². The molecule has 1 aliphatic heterocycles. The quantitative estimate of drug-likeness (QED) is 0.246. The van der Waals surface area contributed by atoms with Gasteiger partial charge in [0.25, 0.3) is 0 Å². The first kappa shape index (κ1) is 27.8. The average molecular weight is 555 g/mol. The maximum Gasteiger partial charge on any atom is 0.322 e. The summed E-state index contributed by atoms with van der Waals surface area (Å²) in [7, 11) is 0. The molecular weight excluding hydrogens is 522 g/mol. The maximum atomic E-state index is 14.0. The van der Waals surface area contributed by atoms with E-state index in [1.54, 1.807) is 34.1 Å². The molecule has 0 bridgehead atoms. The Labute approximate surface area is 238 Å². The van der Waals surface area contributed by atoms with E-state index in [1.807, 2.05) is 60.7 Å². The molecule has 4 aromatic rings. The van der Waals surface area contributed by atoms with Crippen molar-refractivity contribution in [3.8, 4) is 0 Å². The largest absolute Gasteiger partial charge is 0.325 e. The molecule has 1 fully saturated rings. The second-order valence-electron chi connectivity index (χ2n) is 10.2. The number of anilines is 2. The van der Waals surface area contributed by atoms with Crippen LogP contribution in [0.1, 0.15) is 30.0 Å². The Morgan fingerprint density at radius 3 is 1.80 bits per heavy atom. The monoisotopic (exact) mass is 554 g/mol. The Kier molecular flexibility index (Phi) is 8.89. The number of urea groups is 2. The van der Waals surface area contributed by atoms with Crippen LogP contribution in [0, 0.1) is 17.6 Å². The summed E-state index contributed by atoms with van der Waals surface area (Å²) in [6.45, 7) is 1.23. The minimum atomic E-state index is -0.413. The molecule has 0 aromatic heterocycles. The van der Waals surface area contributed by atoms with Crippen molar-refractivity contribution in [1.82, 2.24) is 9.80 Å². The number of benzene rings is 4. The van der Waals surface area contributed by atoms with Crippen LogP contribution >= 0.6 is 0 Å². The van der Waals surface area contributed by atoms with Gasteiger partial charge < -0.3 is 20.4 Å². The van der Waals surface area contributed by atoms with E-state index in [2.05, 4.69) is 10.6 Å². The smallest absolute Gasteiger partial charge is 0.322 e. The average Bonchev–Trinajstić information content (AvgIpc) is 3.00. The number of hydrogen-bond acceptors (Lipinski definition) is 2. The number of nitrogens with zero attached hydrogens (tertiary/aromatic N) is 2. The molecule has 4 amide bonds. The Morgan fingerprint density at radius 2 is 1.24 bits per heavy atom. The number of rotatable bonds is 7. The topological polar surface area (TPSA) is 64.7 Å². The van der Waals surface area contributed by atoms with Crippen molar-refractivity contribution in [3.63, 3.8) is 0 Å². The normalized spacial score (nSPS) is 14.2. The van der Waals surface area contributed by atoms with Gasteiger partial charge in [0.05, 0.1) is 6.04 Å². The molecule has 0 radical (unpaired) electrons. The molecule has 41 heavy (non-hydrogen) atoms. The van der Waals surface area contributed by atoms with Gasteiger partial charge in [-0.2, -0.15) is 0 Å². The van der Waals surface area contributed by atoms with Gasteiger partial charge >= 0.3 is 12.1 Å². The minimum Gasteiger partial charge on any atom is -0.325 e. The molecule has 6 nitrogen and oxygen atoms in total. The SMILES string of the molecule is O=C(Nc1ccccc1)N1CCC(C(c2ccc(F)cc2)N(Cc2ccc(F)cc2)C(=O)Nc2ccccc2)CC1. The van der Waals surface area contributed by atoms with E-state index in [9.17, 15) is 18.4 Å². The first-order valence-electron chi connectivity index (χ1n) is 13.7. The number of piperidine rings is 1. The van der Waals surface area contributed by atoms with Crippen molar-refractivity contribution < 1.29 is 18.4 Å². The Morgan fingerprint density at radius 1 is 0.732 bits per heavy atom. The molecule has 1 atom stereocenters. The Hall–Kier alpha value is -4.72. The van der Waals surface area contributed by atoms with Crippen LogP contribution in [0.4, 0.5) is 29.7 Å². The number of halogens is 2. The van der Waals surface area contributed by atoms with Crippen molar-refractivity contribution in [2.75, 3.05) is 23.7 Å². The summed E-state index contributed by atoms with van der Waals surface area (Å²) >= 11 is 0. The number of hydrogen-bond donors (Lipinski definition) is 2. The first-order chi connectivity index (χ1) is 20.0. The summed E-state index contributed by atoms with van der Waals surface area (Å²) in [5, 5.41) is 5.93. The molecule has 0 spiro atoms. The highest BCUT2D eigenvalue weighted by Crippen LogP contribution is 2.37. The lowest BCUT2D eigenvalue weighted by Crippen LogP contribution is -2.46. The second kappa shape index (κ2) is 13.1. The predicted molar refractivity (Wildman–Crippen MR) is 156 cm³/mol. The molecule has 1 aliphatic rings. The summed E-state index contributed by atoms with van der Waals surface area (Å²) in [4.78, 5) is 30.3. The molecule has 0 saturated carbocycles. The molecular formula is C33H32F2N4O2. The number of carbonyl (C=O) groups is 2. The lowest BCUT2D eigenvalue weighted by molar-refractivity contribution is 0.112. The van der Waals surface area contributed by atoms with Crippen LogP contribution in [0.15, 0.2) is 109 Å². The van der Waals surface area contributed by atoms with E-state index in [4.69, 9.17) is 0 Å². The molecule has 4 aromatic carbocycles. The molecule has 5 rings (SSSR count). The number of amides is 4. The van der Waals surface area contributed by atoms with E-state index in [-0.39, 0.29) is 36.2 Å². The number of likely N-dealkylation sites (tertiary alicyclic amines) is 1. The molecule has 210 valence electrons. The summed E-state index contributed by atoms with van der Waals surface area (Å²) in [5.74, 6) is -0.729. The highest BCUT2D eigenvalue weighted by atomic mass is 19.1. The standard InChI is InChI=1S/C33H32F2N4O2/c34-27-15-11-24(12-16-27)23-39(33(41)37-30-9-5-2-6-10-30)31(25-13-17-28(35)18-14-25)26-19-21-38(22-20-26)32(40)36-29-7-3-1-4-8-29/h1-18,26,31H,19-23H2,(H,36,40)(H,37,41). The van der Waals surface area contributed by atoms with Crippen molar-refractivity contribution in [1.29, 1.82) is 0 Å². The number of para-hydroxylation sites is 2. The van der Waals surface area contributed by atoms with Crippen LogP contribution in [-0.4, -0.2) is 35.0 Å². The van der Waals surface area contributed by atoms with E-state index in [0.717, 1.165) is 16.8 Å². The van der Waals surface area contributed by atoms with Gasteiger partial charge in [-0.25, -0.2) is 18.4 Å². The van der Waals surface area contributed by atoms with Crippen molar-refractivity contribution in [2.24, 2.45) is 5.92 Å². The predicted octanol–water partition coefficient (Wildman–Crippen LogP) is 7.68. The van der Waals surface area contributed by atoms with Gasteiger partial charge in [-0.1, -0.05) is 60.7 Å². The number of carbonyl (C=O) groups excluding carboxylic acids is 2. The number of nitrogens with one attached hydrogen (secondary N) is 2. The molecule has 1 heterocycles. The van der Waals surface area contributed by atoms with Crippen LogP contribution in [0.2, 0.25) is 0 Å². The third-order valence-corrected chi connectivity index (χ3v) is 7.40. The Bertz CT molecular complexity index is 1430. The highest BCUT2D eigenvalue weighted by molar-refractivity contribution is 5.90. The maximum absolute atomic E-state index is 14.0. The first-order valence-corrected chi connectivity index (χ1v) is 13.7. The van der Waals surface area contributed by atoms with Gasteiger partial charge in [-0.05, 0) is 78.4 Å². The van der Waals surface area contributed by atoms with Crippen molar-refractivity contribution >= 4 is 23.4 Å². The zero-order valence-electron chi connectivity index (χ0n) is 22.5. The van der Waals surface area contributed by atoms with Crippen molar-refractivity contribution in [2.45, 2.75) is 25.4 Å². The van der Waals surface area contributed by atoms with Gasteiger partial charge in [0, 0.05) is 31.0 Å². The van der Waals surface area contributed by atoms with Gasteiger partial charge in [-0.15, -0.1) is 0 Å². The minimum absolute atomic E-state index is 0.0109. The lowest BCUT2D eigenvalue weighted by atomic mass is 9.84. The van der Waals surface area contributed by atoms with Crippen LogP contribution in [0.3, 0.4) is 0 Å². The van der Waals surface area contributed by atoms with Crippen molar-refractivity contribution in [3.05, 3.63) is 132 Å². The lowest BCUT2D eigenvalue weighted by Gasteiger charge is -2.41. The summed E-state index contributed by atoms with van der Waals surface area (Å²) in [6.07, 6.45) is 1.28. The van der Waals surface area contributed by atoms with E-state index in [0.29, 0.717) is 31.6 Å². The summed E-state index contributed by atoms with van der Waals surface area (Å²) < 4.78 is 27.7. The van der Waals surface area contributed by atoms with E-state index in [1.165, 1.54) is 24.3 Å². The zero-order chi connectivity index (χ0) is 28.6. The molecule has 1 saturated heterocycles. The molecule has 1 unspecified atom stereocenters. The molecule has 8 heteroatoms. The fraction of sp³-hybridized carbons (Fsp3) is 0.212. The third-order valence-electron chi connectivity index (χ3n) is 7.40. The fourth-order valence-corrected chi connectivity index (χ4v) is 5.31. The van der Waals surface area contributed by atoms with Crippen LogP contribution in [-0.2, 0) is 6.54 Å². The fourth-order valence-electron chi connectivity index (χ4n) is 5.31. The zero-order valence-corrected chi connectivity index (χ0v) is 22.5. The van der Waals surface area contributed by atoms with Gasteiger partial charge in [0.1, 0.15) is 11.6 Å². The van der Waals surface area contributed by atoms with E-state index < -0.39 is 6.04 Å². The molecule has 2 N–H and O–H groups in total. The molecule has 0 aliphatic carbocycles. The van der Waals surface area contributed by atoms with Crippen LogP contribution in [0.25, 0.3) is 0 Å². The van der Waals surface area contributed by atoms with Gasteiger partial charge in [-0.3, -0.25) is 0 Å². The Balaban J connectivity index is 1.41. The summed E-state index contributed by atoms with van der Waals surface area (Å²) in [5.41, 5.74) is 2.93. The van der Waals surface area contributed by atoms with Gasteiger partial charge in [0.2, 0.25) is 0 Å². The van der Waals surface area contributed by atoms with Crippen LogP contribution < -0.4 is 10.6 Å².